The van der Waals surface area contributed by atoms with Gasteiger partial charge in [0.2, 0.25) is 0 Å². The van der Waals surface area contributed by atoms with Crippen LogP contribution in [-0.4, -0.2) is 9.13 Å². The molecule has 0 radical (unpaired) electrons. The summed E-state index contributed by atoms with van der Waals surface area (Å²) in [6.45, 7) is 0. The molecule has 0 N–H and O–H groups in total. The molecule has 0 amide bonds. The third kappa shape index (κ3) is 4.89. The van der Waals surface area contributed by atoms with Crippen molar-refractivity contribution in [3.63, 3.8) is 0 Å². The Morgan fingerprint density at radius 1 is 0.239 bits per heavy atom. The summed E-state index contributed by atoms with van der Waals surface area (Å²) in [4.78, 5) is 0. The molecule has 0 unspecified atom stereocenters. The molecular weight excluding hydrogens is 809 g/mol. The van der Waals surface area contributed by atoms with Crippen LogP contribution in [0.25, 0.3) is 110 Å². The van der Waals surface area contributed by atoms with Crippen LogP contribution in [0.5, 0.6) is 0 Å². The molecule has 0 aliphatic heterocycles. The standard InChI is InChI=1S/C65H40N2/c1-3-17-44(18-4-1)66-60-29-15-11-24-49(60)54-37-41(32-35-62(54)66)42-31-34-52-58(39-42)65(56-27-13-9-22-47(56)48-23-10-14-28-57(48)65)59-40-53(46-21-7-8-26-51(46)64(52)59)43-33-36-63-55(38-43)50-25-12-16-30-61(50)67(63)45-19-5-2-6-20-45/h1-40H. The molecule has 2 heteroatoms. The largest absolute Gasteiger partial charge is 0.309 e. The van der Waals surface area contributed by atoms with E-state index in [1.165, 1.54) is 133 Å². The number of aromatic nitrogens is 2. The van der Waals surface area contributed by atoms with Gasteiger partial charge in [-0.05, 0) is 150 Å². The van der Waals surface area contributed by atoms with Crippen LogP contribution in [0.4, 0.5) is 0 Å². The molecule has 0 saturated heterocycles. The number of nitrogens with zero attached hydrogens (tertiary/aromatic N) is 2. The third-order valence-electron chi connectivity index (χ3n) is 15.1. The molecule has 2 nitrogen and oxygen atoms in total. The molecule has 15 rings (SSSR count). The van der Waals surface area contributed by atoms with E-state index < -0.39 is 5.41 Å². The summed E-state index contributed by atoms with van der Waals surface area (Å²) >= 11 is 0. The first-order valence-electron chi connectivity index (χ1n) is 23.3. The smallest absolute Gasteiger partial charge is 0.0726 e. The number of benzene rings is 11. The lowest BCUT2D eigenvalue weighted by Gasteiger charge is -2.31. The van der Waals surface area contributed by atoms with Crippen LogP contribution in [0.2, 0.25) is 0 Å². The number of para-hydroxylation sites is 4. The predicted octanol–water partition coefficient (Wildman–Crippen LogP) is 16.7. The van der Waals surface area contributed by atoms with Crippen LogP contribution in [-0.2, 0) is 5.41 Å². The second-order valence-electron chi connectivity index (χ2n) is 18.3. The minimum atomic E-state index is -0.534. The maximum atomic E-state index is 2.57. The van der Waals surface area contributed by atoms with Gasteiger partial charge >= 0.3 is 0 Å². The fraction of sp³-hybridized carbons (Fsp3) is 0.0154. The van der Waals surface area contributed by atoms with Crippen LogP contribution >= 0.6 is 0 Å². The number of hydrogen-bond acceptors (Lipinski definition) is 0. The summed E-state index contributed by atoms with van der Waals surface area (Å²) in [7, 11) is 0. The van der Waals surface area contributed by atoms with Crippen molar-refractivity contribution in [2.45, 2.75) is 5.41 Å². The van der Waals surface area contributed by atoms with E-state index in [0.717, 1.165) is 0 Å². The highest BCUT2D eigenvalue weighted by Gasteiger charge is 2.52. The van der Waals surface area contributed by atoms with E-state index in [2.05, 4.69) is 252 Å². The van der Waals surface area contributed by atoms with Gasteiger partial charge in [-0.2, -0.15) is 0 Å². The topological polar surface area (TPSA) is 9.86 Å². The molecule has 2 aliphatic carbocycles. The molecule has 0 atom stereocenters. The van der Waals surface area contributed by atoms with Gasteiger partial charge in [0.05, 0.1) is 27.5 Å². The Kier molecular flexibility index (Phi) is 7.46. The van der Waals surface area contributed by atoms with Crippen LogP contribution < -0.4 is 0 Å². The Morgan fingerprint density at radius 2 is 0.687 bits per heavy atom. The molecule has 0 saturated carbocycles. The van der Waals surface area contributed by atoms with E-state index >= 15 is 0 Å². The molecule has 0 fully saturated rings. The SMILES string of the molecule is c1ccc(-n2c3ccccc3c3cc(-c4ccc5c(c4)C4(c6ccccc6-c6ccccc64)c4cc(-c6ccc7c(c6)c6ccccc6n7-c6ccccc6)c6ccccc6c4-5)ccc32)cc1. The zero-order chi connectivity index (χ0) is 43.8. The highest BCUT2D eigenvalue weighted by molar-refractivity contribution is 6.15. The lowest BCUT2D eigenvalue weighted by molar-refractivity contribution is 0.795. The third-order valence-corrected chi connectivity index (χ3v) is 15.1. The van der Waals surface area contributed by atoms with Gasteiger partial charge < -0.3 is 9.13 Å². The van der Waals surface area contributed by atoms with E-state index in [4.69, 9.17) is 0 Å². The highest BCUT2D eigenvalue weighted by Crippen LogP contribution is 2.65. The minimum Gasteiger partial charge on any atom is -0.309 e. The summed E-state index contributed by atoms with van der Waals surface area (Å²) < 4.78 is 4.81. The van der Waals surface area contributed by atoms with E-state index in [9.17, 15) is 0 Å². The predicted molar refractivity (Wildman–Crippen MR) is 280 cm³/mol. The maximum Gasteiger partial charge on any atom is 0.0726 e. The Morgan fingerprint density at radius 3 is 1.30 bits per heavy atom. The zero-order valence-corrected chi connectivity index (χ0v) is 36.5. The van der Waals surface area contributed by atoms with Gasteiger partial charge in [-0.1, -0.05) is 170 Å². The summed E-state index contributed by atoms with van der Waals surface area (Å²) in [5.74, 6) is 0. The second kappa shape index (κ2) is 13.7. The Bertz CT molecular complexity index is 4160. The normalized spacial score (nSPS) is 13.2. The Labute approximate surface area is 387 Å². The minimum absolute atomic E-state index is 0.534. The van der Waals surface area contributed by atoms with Gasteiger partial charge in [0.1, 0.15) is 0 Å². The second-order valence-corrected chi connectivity index (χ2v) is 18.3. The van der Waals surface area contributed by atoms with E-state index in [1.54, 1.807) is 0 Å². The van der Waals surface area contributed by atoms with Crippen LogP contribution in [0.15, 0.2) is 243 Å². The number of fused-ring (bicyclic) bond motifs is 18. The fourth-order valence-electron chi connectivity index (χ4n) is 12.4. The van der Waals surface area contributed by atoms with Crippen molar-refractivity contribution in [2.24, 2.45) is 0 Å². The van der Waals surface area contributed by atoms with Gasteiger partial charge in [0, 0.05) is 32.9 Å². The van der Waals surface area contributed by atoms with Gasteiger partial charge in [0.25, 0.3) is 0 Å². The molecule has 13 aromatic rings. The lowest BCUT2D eigenvalue weighted by Crippen LogP contribution is -2.26. The van der Waals surface area contributed by atoms with Crippen molar-refractivity contribution in [3.05, 3.63) is 265 Å². The van der Waals surface area contributed by atoms with Gasteiger partial charge in [0.15, 0.2) is 0 Å². The van der Waals surface area contributed by atoms with Crippen LogP contribution in [0, 0.1) is 0 Å². The van der Waals surface area contributed by atoms with E-state index in [-0.39, 0.29) is 0 Å². The van der Waals surface area contributed by atoms with Crippen LogP contribution in [0.1, 0.15) is 22.3 Å². The van der Waals surface area contributed by atoms with Crippen molar-refractivity contribution in [1.82, 2.24) is 9.13 Å². The summed E-state index contributed by atoms with van der Waals surface area (Å²) in [6, 6.07) is 90.7. The van der Waals surface area contributed by atoms with Crippen LogP contribution in [0.3, 0.4) is 0 Å². The van der Waals surface area contributed by atoms with E-state index in [0.29, 0.717) is 0 Å². The monoisotopic (exact) mass is 848 g/mol. The molecular formula is C65H40N2. The quantitative estimate of drug-likeness (QED) is 0.167. The fourth-order valence-corrected chi connectivity index (χ4v) is 12.4. The molecule has 2 heterocycles. The van der Waals surface area contributed by atoms with Gasteiger partial charge in [-0.3, -0.25) is 0 Å². The van der Waals surface area contributed by atoms with Crippen molar-refractivity contribution in [2.75, 3.05) is 0 Å². The van der Waals surface area contributed by atoms with Crippen molar-refractivity contribution < 1.29 is 0 Å². The van der Waals surface area contributed by atoms with Crippen molar-refractivity contribution in [1.29, 1.82) is 0 Å². The molecule has 2 aliphatic rings. The molecule has 2 aromatic heterocycles. The average molecular weight is 849 g/mol. The first-order chi connectivity index (χ1) is 33.3. The van der Waals surface area contributed by atoms with Crippen molar-refractivity contribution >= 4 is 54.4 Å². The summed E-state index contributed by atoms with van der Waals surface area (Å²) in [6.07, 6.45) is 0. The average Bonchev–Trinajstić information content (AvgIpc) is 4.10. The Balaban J connectivity index is 0.996. The number of rotatable bonds is 4. The molecule has 0 bridgehead atoms. The lowest BCUT2D eigenvalue weighted by atomic mass is 9.69. The van der Waals surface area contributed by atoms with Gasteiger partial charge in [-0.15, -0.1) is 0 Å². The molecule has 1 spiro atoms. The summed E-state index contributed by atoms with van der Waals surface area (Å²) in [5, 5.41) is 7.57. The zero-order valence-electron chi connectivity index (χ0n) is 36.5. The van der Waals surface area contributed by atoms with Gasteiger partial charge in [-0.25, -0.2) is 0 Å². The van der Waals surface area contributed by atoms with E-state index in [1.807, 2.05) is 0 Å². The Hall–Kier alpha value is -8.72. The first kappa shape index (κ1) is 36.6. The first-order valence-corrected chi connectivity index (χ1v) is 23.3. The molecule has 310 valence electrons. The maximum absolute atomic E-state index is 2.57. The highest BCUT2D eigenvalue weighted by atomic mass is 15.0. The molecule has 67 heavy (non-hydrogen) atoms. The van der Waals surface area contributed by atoms with Crippen molar-refractivity contribution in [3.8, 4) is 55.9 Å². The molecule has 11 aromatic carbocycles. The number of hydrogen-bond donors (Lipinski definition) is 0. The summed E-state index contributed by atoms with van der Waals surface area (Å²) in [5.41, 5.74) is 22.2.